The Hall–Kier alpha value is -4.46. The minimum absolute atomic E-state index is 0.0545. The zero-order valence-electron chi connectivity index (χ0n) is 19.9. The molecular weight excluding hydrogens is 440 g/mol. The smallest absolute Gasteiger partial charge is 0.258 e. The van der Waals surface area contributed by atoms with Crippen LogP contribution in [0.15, 0.2) is 66.7 Å². The number of anilines is 3. The second kappa shape index (κ2) is 10.6. The SMILES string of the molecule is CNc1ccc(Nc2nc(-c3cccc(OCC(=O)NC(C)C)c3)nc3ccccc23)cc1C=N. The van der Waals surface area contributed by atoms with Crippen molar-refractivity contribution in [3.63, 3.8) is 0 Å². The molecule has 35 heavy (non-hydrogen) atoms. The van der Waals surface area contributed by atoms with Crippen molar-refractivity contribution in [3.05, 3.63) is 72.3 Å². The molecule has 0 aliphatic rings. The first-order chi connectivity index (χ1) is 17.0. The Morgan fingerprint density at radius 2 is 1.89 bits per heavy atom. The standard InChI is InChI=1S/C27H28N6O2/c1-17(2)30-25(34)16-35-21-8-6-7-18(14-21)26-32-24-10-5-4-9-22(24)27(33-26)31-20-11-12-23(29-3)19(13-20)15-28/h4-15,17,28-29H,16H2,1-3H3,(H,30,34)(H,31,32,33). The van der Waals surface area contributed by atoms with Crippen molar-refractivity contribution in [1.82, 2.24) is 15.3 Å². The summed E-state index contributed by atoms with van der Waals surface area (Å²) < 4.78 is 5.68. The number of nitrogens with zero attached hydrogens (tertiary/aromatic N) is 2. The second-order valence-corrected chi connectivity index (χ2v) is 8.27. The van der Waals surface area contributed by atoms with Crippen molar-refractivity contribution in [2.24, 2.45) is 0 Å². The second-order valence-electron chi connectivity index (χ2n) is 8.27. The van der Waals surface area contributed by atoms with E-state index in [1.54, 1.807) is 6.07 Å². The Kier molecular flexibility index (Phi) is 7.21. The highest BCUT2D eigenvalue weighted by molar-refractivity contribution is 5.93. The minimum atomic E-state index is -0.174. The van der Waals surface area contributed by atoms with Crippen LogP contribution in [0, 0.1) is 5.41 Å². The van der Waals surface area contributed by atoms with Crippen molar-refractivity contribution in [2.75, 3.05) is 24.3 Å². The molecule has 0 atom stereocenters. The van der Waals surface area contributed by atoms with Crippen LogP contribution in [0.1, 0.15) is 19.4 Å². The molecule has 1 heterocycles. The molecule has 1 aromatic heterocycles. The molecular formula is C27H28N6O2. The fourth-order valence-electron chi connectivity index (χ4n) is 3.66. The van der Waals surface area contributed by atoms with Gasteiger partial charge in [-0.2, -0.15) is 0 Å². The summed E-state index contributed by atoms with van der Waals surface area (Å²) in [5.41, 5.74) is 4.01. The molecule has 8 heteroatoms. The van der Waals surface area contributed by atoms with Crippen molar-refractivity contribution in [2.45, 2.75) is 19.9 Å². The molecule has 0 saturated carbocycles. The van der Waals surface area contributed by atoms with Gasteiger partial charge in [-0.15, -0.1) is 0 Å². The molecule has 1 amide bonds. The summed E-state index contributed by atoms with van der Waals surface area (Å²) >= 11 is 0. The van der Waals surface area contributed by atoms with Crippen molar-refractivity contribution in [1.29, 1.82) is 5.41 Å². The number of nitrogens with one attached hydrogen (secondary N) is 4. The fraction of sp³-hybridized carbons (Fsp3) is 0.185. The lowest BCUT2D eigenvalue weighted by Gasteiger charge is -2.13. The van der Waals surface area contributed by atoms with Crippen molar-refractivity contribution in [3.8, 4) is 17.1 Å². The zero-order valence-corrected chi connectivity index (χ0v) is 19.9. The molecule has 0 saturated heterocycles. The molecule has 4 rings (SSSR count). The maximum absolute atomic E-state index is 11.9. The first kappa shape index (κ1) is 23.7. The molecule has 0 bridgehead atoms. The van der Waals surface area contributed by atoms with Crippen LogP contribution in [0.3, 0.4) is 0 Å². The number of hydrogen-bond donors (Lipinski definition) is 4. The van der Waals surface area contributed by atoms with E-state index in [1.165, 1.54) is 6.21 Å². The van der Waals surface area contributed by atoms with E-state index < -0.39 is 0 Å². The minimum Gasteiger partial charge on any atom is -0.484 e. The molecule has 0 unspecified atom stereocenters. The molecule has 3 aromatic carbocycles. The number of rotatable bonds is 9. The highest BCUT2D eigenvalue weighted by Gasteiger charge is 2.12. The van der Waals surface area contributed by atoms with Gasteiger partial charge in [-0.25, -0.2) is 9.97 Å². The highest BCUT2D eigenvalue weighted by atomic mass is 16.5. The van der Waals surface area contributed by atoms with Gasteiger partial charge in [-0.3, -0.25) is 4.79 Å². The topological polar surface area (TPSA) is 112 Å². The molecule has 0 spiro atoms. The van der Waals surface area contributed by atoms with Crippen LogP contribution in [0.4, 0.5) is 17.2 Å². The van der Waals surface area contributed by atoms with Gasteiger partial charge >= 0.3 is 0 Å². The largest absolute Gasteiger partial charge is 0.484 e. The number of carbonyl (C=O) groups is 1. The molecule has 0 aliphatic heterocycles. The van der Waals surface area contributed by atoms with Crippen molar-refractivity contribution >= 4 is 40.2 Å². The third kappa shape index (κ3) is 5.73. The van der Waals surface area contributed by atoms with Gasteiger partial charge < -0.3 is 26.1 Å². The van der Waals surface area contributed by atoms with E-state index in [9.17, 15) is 4.79 Å². The number of aromatic nitrogens is 2. The Bertz CT molecular complexity index is 1370. The maximum atomic E-state index is 11.9. The third-order valence-electron chi connectivity index (χ3n) is 5.25. The van der Waals surface area contributed by atoms with E-state index in [2.05, 4.69) is 16.0 Å². The molecule has 0 fully saturated rings. The van der Waals surface area contributed by atoms with Crippen LogP contribution in [-0.4, -0.2) is 41.8 Å². The number of hydrogen-bond acceptors (Lipinski definition) is 7. The molecule has 178 valence electrons. The Labute approximate surface area is 204 Å². The summed E-state index contributed by atoms with van der Waals surface area (Å²) in [6, 6.07) is 21.0. The summed E-state index contributed by atoms with van der Waals surface area (Å²) in [4.78, 5) is 21.5. The van der Waals surface area contributed by atoms with Crippen LogP contribution in [-0.2, 0) is 4.79 Å². The van der Waals surface area contributed by atoms with E-state index in [-0.39, 0.29) is 18.6 Å². The first-order valence-electron chi connectivity index (χ1n) is 11.4. The lowest BCUT2D eigenvalue weighted by molar-refractivity contribution is -0.123. The maximum Gasteiger partial charge on any atom is 0.258 e. The Morgan fingerprint density at radius 3 is 2.66 bits per heavy atom. The quantitative estimate of drug-likeness (QED) is 0.258. The Balaban J connectivity index is 1.66. The average Bonchev–Trinajstić information content (AvgIpc) is 2.87. The van der Waals surface area contributed by atoms with Gasteiger partial charge in [0.05, 0.1) is 5.52 Å². The number of benzene rings is 3. The zero-order chi connectivity index (χ0) is 24.8. The summed E-state index contributed by atoms with van der Waals surface area (Å²) in [5.74, 6) is 1.57. The van der Waals surface area contributed by atoms with Gasteiger partial charge in [0.15, 0.2) is 12.4 Å². The van der Waals surface area contributed by atoms with E-state index >= 15 is 0 Å². The van der Waals surface area contributed by atoms with Crippen LogP contribution in [0.2, 0.25) is 0 Å². The first-order valence-corrected chi connectivity index (χ1v) is 11.4. The summed E-state index contributed by atoms with van der Waals surface area (Å²) in [6.07, 6.45) is 1.31. The number of fused-ring (bicyclic) bond motifs is 1. The number of amides is 1. The summed E-state index contributed by atoms with van der Waals surface area (Å²) in [5, 5.41) is 17.9. The summed E-state index contributed by atoms with van der Waals surface area (Å²) in [7, 11) is 1.83. The molecule has 0 radical (unpaired) electrons. The van der Waals surface area contributed by atoms with Gasteiger partial charge in [-0.05, 0) is 56.3 Å². The molecule has 8 nitrogen and oxygen atoms in total. The van der Waals surface area contributed by atoms with E-state index in [0.29, 0.717) is 17.4 Å². The predicted octanol–water partition coefficient (Wildman–Crippen LogP) is 4.98. The summed E-state index contributed by atoms with van der Waals surface area (Å²) in [6.45, 7) is 3.75. The Morgan fingerprint density at radius 1 is 1.06 bits per heavy atom. The predicted molar refractivity (Wildman–Crippen MR) is 141 cm³/mol. The van der Waals surface area contributed by atoms with E-state index in [4.69, 9.17) is 20.1 Å². The lowest BCUT2D eigenvalue weighted by atomic mass is 10.1. The molecule has 4 N–H and O–H groups in total. The van der Waals surface area contributed by atoms with Gasteiger partial charge in [0.2, 0.25) is 0 Å². The van der Waals surface area contributed by atoms with E-state index in [1.807, 2.05) is 81.6 Å². The van der Waals surface area contributed by atoms with Gasteiger partial charge in [0.1, 0.15) is 11.6 Å². The third-order valence-corrected chi connectivity index (χ3v) is 5.25. The van der Waals surface area contributed by atoms with Crippen LogP contribution >= 0.6 is 0 Å². The highest BCUT2D eigenvalue weighted by Crippen LogP contribution is 2.29. The van der Waals surface area contributed by atoms with Gasteiger partial charge in [0, 0.05) is 47.2 Å². The number of carbonyl (C=O) groups excluding carboxylic acids is 1. The molecule has 0 aliphatic carbocycles. The number of ether oxygens (including phenoxy) is 1. The van der Waals surface area contributed by atoms with Crippen LogP contribution < -0.4 is 20.7 Å². The number of para-hydroxylation sites is 1. The van der Waals surface area contributed by atoms with Crippen LogP contribution in [0.25, 0.3) is 22.3 Å². The fourth-order valence-corrected chi connectivity index (χ4v) is 3.66. The van der Waals surface area contributed by atoms with Gasteiger partial charge in [-0.1, -0.05) is 24.3 Å². The van der Waals surface area contributed by atoms with Crippen LogP contribution in [0.5, 0.6) is 5.75 Å². The monoisotopic (exact) mass is 468 g/mol. The average molecular weight is 469 g/mol. The van der Waals surface area contributed by atoms with Crippen molar-refractivity contribution < 1.29 is 9.53 Å². The molecule has 4 aromatic rings. The van der Waals surface area contributed by atoms with E-state index in [0.717, 1.165) is 33.4 Å². The van der Waals surface area contributed by atoms with Gasteiger partial charge in [0.25, 0.3) is 5.91 Å². The normalized spacial score (nSPS) is 10.7. The lowest BCUT2D eigenvalue weighted by Crippen LogP contribution is -2.34.